The van der Waals surface area contributed by atoms with E-state index in [2.05, 4.69) is 26.0 Å². The van der Waals surface area contributed by atoms with Crippen LogP contribution in [0.15, 0.2) is 34.7 Å². The van der Waals surface area contributed by atoms with Crippen LogP contribution in [0.1, 0.15) is 24.4 Å². The quantitative estimate of drug-likeness (QED) is 0.580. The van der Waals surface area contributed by atoms with Gasteiger partial charge in [0.05, 0.1) is 16.6 Å². The maximum absolute atomic E-state index is 12.3. The normalized spacial score (nSPS) is 10.9. The van der Waals surface area contributed by atoms with E-state index in [1.165, 1.54) is 10.9 Å². The third-order valence-corrected chi connectivity index (χ3v) is 4.41. The molecule has 0 saturated heterocycles. The van der Waals surface area contributed by atoms with Crippen LogP contribution in [0.2, 0.25) is 10.0 Å². The maximum atomic E-state index is 12.3. The minimum atomic E-state index is -0.515. The molecular weight excluding hydrogens is 423 g/mol. The average molecular weight is 439 g/mol. The van der Waals surface area contributed by atoms with Gasteiger partial charge >= 0.3 is 0 Å². The molecule has 3 aromatic rings. The first-order chi connectivity index (χ1) is 13.3. The van der Waals surface area contributed by atoms with Crippen molar-refractivity contribution < 1.29 is 9.21 Å². The first-order valence-corrected chi connectivity index (χ1v) is 9.43. The number of rotatable bonds is 5. The Hall–Kier alpha value is -2.49. The first-order valence-electron chi connectivity index (χ1n) is 8.27. The topological polar surface area (TPSA) is 97.9 Å². The maximum Gasteiger partial charge on any atom is 0.293 e. The summed E-state index contributed by atoms with van der Waals surface area (Å²) >= 11 is 17.0. The molecule has 0 bridgehead atoms. The van der Waals surface area contributed by atoms with Gasteiger partial charge in [-0.15, -0.1) is 5.10 Å². The van der Waals surface area contributed by atoms with Crippen LogP contribution in [-0.4, -0.2) is 31.2 Å². The molecule has 0 saturated carbocycles. The van der Waals surface area contributed by atoms with Crippen molar-refractivity contribution in [1.29, 1.82) is 0 Å². The van der Waals surface area contributed by atoms with Gasteiger partial charge in [0.2, 0.25) is 0 Å². The second-order valence-corrected chi connectivity index (χ2v) is 7.49. The van der Waals surface area contributed by atoms with Crippen LogP contribution in [0.4, 0.5) is 5.95 Å². The van der Waals surface area contributed by atoms with Crippen molar-refractivity contribution in [1.82, 2.24) is 25.5 Å². The summed E-state index contributed by atoms with van der Waals surface area (Å²) in [6.45, 7) is 4.70. The standard InChI is InChI=1S/C17H16Cl2N6O2S/c1-9(2)8-25-23-16(22-24-25)21-17(28)20-15(26)14-6-5-13(27-14)10-3-4-11(18)12(19)7-10/h3-7,9H,8H2,1-2H3,(H2,20,21,23,26,28). The lowest BCUT2D eigenvalue weighted by Gasteiger charge is -2.05. The summed E-state index contributed by atoms with van der Waals surface area (Å²) in [5.74, 6) is 0.611. The number of halogens is 2. The number of amides is 1. The van der Waals surface area contributed by atoms with E-state index in [9.17, 15) is 4.79 Å². The molecule has 28 heavy (non-hydrogen) atoms. The van der Waals surface area contributed by atoms with Gasteiger partial charge in [-0.25, -0.2) is 0 Å². The van der Waals surface area contributed by atoms with Crippen LogP contribution in [0.5, 0.6) is 0 Å². The molecule has 0 radical (unpaired) electrons. The number of hydrogen-bond donors (Lipinski definition) is 2. The molecule has 1 aromatic carbocycles. The smallest absolute Gasteiger partial charge is 0.293 e. The van der Waals surface area contributed by atoms with Crippen molar-refractivity contribution in [3.8, 4) is 11.3 Å². The molecule has 0 atom stereocenters. The van der Waals surface area contributed by atoms with E-state index in [4.69, 9.17) is 39.8 Å². The van der Waals surface area contributed by atoms with Gasteiger partial charge in [0, 0.05) is 5.56 Å². The highest BCUT2D eigenvalue weighted by Crippen LogP contribution is 2.29. The van der Waals surface area contributed by atoms with Crippen LogP contribution in [0, 0.1) is 5.92 Å². The van der Waals surface area contributed by atoms with E-state index < -0.39 is 5.91 Å². The number of benzene rings is 1. The van der Waals surface area contributed by atoms with Crippen molar-refractivity contribution in [2.45, 2.75) is 20.4 Å². The fourth-order valence-corrected chi connectivity index (χ4v) is 2.74. The van der Waals surface area contributed by atoms with Gasteiger partial charge < -0.3 is 4.42 Å². The third-order valence-electron chi connectivity index (χ3n) is 3.47. The second kappa shape index (κ2) is 8.68. The molecule has 0 spiro atoms. The molecule has 2 heterocycles. The van der Waals surface area contributed by atoms with E-state index in [1.807, 2.05) is 13.8 Å². The first kappa shape index (κ1) is 20.2. The summed E-state index contributed by atoms with van der Waals surface area (Å²) in [5, 5.41) is 17.9. The van der Waals surface area contributed by atoms with E-state index >= 15 is 0 Å². The average Bonchev–Trinajstić information content (AvgIpc) is 3.26. The Kier molecular flexibility index (Phi) is 6.28. The molecule has 0 unspecified atom stereocenters. The molecule has 0 aliphatic rings. The van der Waals surface area contributed by atoms with Crippen LogP contribution in [0.25, 0.3) is 11.3 Å². The lowest BCUT2D eigenvalue weighted by Crippen LogP contribution is -2.34. The fourth-order valence-electron chi connectivity index (χ4n) is 2.26. The highest BCUT2D eigenvalue weighted by molar-refractivity contribution is 7.80. The zero-order valence-electron chi connectivity index (χ0n) is 14.9. The van der Waals surface area contributed by atoms with Crippen molar-refractivity contribution in [2.75, 3.05) is 5.32 Å². The Bertz CT molecular complexity index is 1020. The van der Waals surface area contributed by atoms with Gasteiger partial charge in [-0.05, 0) is 53.7 Å². The zero-order chi connectivity index (χ0) is 20.3. The van der Waals surface area contributed by atoms with Crippen LogP contribution < -0.4 is 10.6 Å². The SMILES string of the molecule is CC(C)Cn1nnc(NC(=S)NC(=O)c2ccc(-c3ccc(Cl)c(Cl)c3)o2)n1. The molecule has 0 aliphatic heterocycles. The number of tetrazole rings is 1. The number of carbonyl (C=O) groups excluding carboxylic acids is 1. The fraction of sp³-hybridized carbons (Fsp3) is 0.235. The largest absolute Gasteiger partial charge is 0.451 e. The van der Waals surface area contributed by atoms with Gasteiger partial charge in [0.25, 0.3) is 11.9 Å². The van der Waals surface area contributed by atoms with Crippen molar-refractivity contribution in [3.63, 3.8) is 0 Å². The molecule has 3 rings (SSSR count). The minimum Gasteiger partial charge on any atom is -0.451 e. The van der Waals surface area contributed by atoms with Crippen LogP contribution >= 0.6 is 35.4 Å². The molecule has 0 fully saturated rings. The Morgan fingerprint density at radius 2 is 2.04 bits per heavy atom. The minimum absolute atomic E-state index is 0.0292. The molecule has 2 aromatic heterocycles. The summed E-state index contributed by atoms with van der Waals surface area (Å²) in [6, 6.07) is 8.24. The summed E-state index contributed by atoms with van der Waals surface area (Å²) < 4.78 is 5.58. The molecule has 146 valence electrons. The number of nitrogens with zero attached hydrogens (tertiary/aromatic N) is 4. The van der Waals surface area contributed by atoms with Crippen LogP contribution in [0.3, 0.4) is 0 Å². The third kappa shape index (κ3) is 5.06. The highest BCUT2D eigenvalue weighted by atomic mass is 35.5. The number of carbonyl (C=O) groups is 1. The number of hydrogen-bond acceptors (Lipinski definition) is 6. The Morgan fingerprint density at radius 1 is 1.25 bits per heavy atom. The number of thiocarbonyl (C=S) groups is 1. The van der Waals surface area contributed by atoms with Crippen molar-refractivity contribution in [3.05, 3.63) is 46.1 Å². The molecule has 8 nitrogen and oxygen atoms in total. The number of anilines is 1. The second-order valence-electron chi connectivity index (χ2n) is 6.26. The van der Waals surface area contributed by atoms with Crippen molar-refractivity contribution in [2.24, 2.45) is 5.92 Å². The van der Waals surface area contributed by atoms with Crippen molar-refractivity contribution >= 4 is 52.4 Å². The molecular formula is C17H16Cl2N6O2S. The Labute approximate surface area is 176 Å². The zero-order valence-corrected chi connectivity index (χ0v) is 17.3. The lowest BCUT2D eigenvalue weighted by atomic mass is 10.2. The summed E-state index contributed by atoms with van der Waals surface area (Å²) in [4.78, 5) is 13.8. The van der Waals surface area contributed by atoms with E-state index in [0.717, 1.165) is 0 Å². The Balaban J connectivity index is 1.61. The predicted octanol–water partition coefficient (Wildman–Crippen LogP) is 4.02. The van der Waals surface area contributed by atoms with Gasteiger partial charge in [-0.2, -0.15) is 4.80 Å². The van der Waals surface area contributed by atoms with E-state index in [-0.39, 0.29) is 16.8 Å². The van der Waals surface area contributed by atoms with E-state index in [1.54, 1.807) is 24.3 Å². The van der Waals surface area contributed by atoms with Gasteiger partial charge in [0.15, 0.2) is 10.9 Å². The van der Waals surface area contributed by atoms with Gasteiger partial charge in [0.1, 0.15) is 5.76 Å². The van der Waals surface area contributed by atoms with Gasteiger partial charge in [-0.3, -0.25) is 15.4 Å². The molecule has 11 heteroatoms. The molecule has 2 N–H and O–H groups in total. The summed E-state index contributed by atoms with van der Waals surface area (Å²) in [6.07, 6.45) is 0. The van der Waals surface area contributed by atoms with Crippen LogP contribution in [-0.2, 0) is 6.54 Å². The molecule has 0 aliphatic carbocycles. The van der Waals surface area contributed by atoms with Gasteiger partial charge in [-0.1, -0.05) is 42.1 Å². The molecule has 1 amide bonds. The Morgan fingerprint density at radius 3 is 2.75 bits per heavy atom. The number of nitrogens with one attached hydrogen (secondary N) is 2. The summed E-state index contributed by atoms with van der Waals surface area (Å²) in [7, 11) is 0. The summed E-state index contributed by atoms with van der Waals surface area (Å²) in [5.41, 5.74) is 0.695. The number of aromatic nitrogens is 4. The number of furan rings is 1. The lowest BCUT2D eigenvalue weighted by molar-refractivity contribution is 0.0951. The van der Waals surface area contributed by atoms with E-state index in [0.29, 0.717) is 33.8 Å². The monoisotopic (exact) mass is 438 g/mol. The predicted molar refractivity (Wildman–Crippen MR) is 111 cm³/mol. The highest BCUT2D eigenvalue weighted by Gasteiger charge is 2.15.